The highest BCUT2D eigenvalue weighted by atomic mass is 35.5. The molecule has 2 heterocycles. The van der Waals surface area contributed by atoms with Crippen molar-refractivity contribution in [2.24, 2.45) is 0 Å². The van der Waals surface area contributed by atoms with Crippen LogP contribution in [0.25, 0.3) is 0 Å². The second-order valence-electron chi connectivity index (χ2n) is 6.12. The van der Waals surface area contributed by atoms with Crippen LogP contribution in [0.3, 0.4) is 0 Å². The van der Waals surface area contributed by atoms with E-state index in [2.05, 4.69) is 21.7 Å². The molecular formula is C18H22ClN3O5S. The molecule has 0 amide bonds. The Bertz CT molecular complexity index is 920. The van der Waals surface area contributed by atoms with Crippen LogP contribution in [0.5, 0.6) is 5.88 Å². The van der Waals surface area contributed by atoms with Crippen LogP contribution in [0.1, 0.15) is 11.3 Å². The van der Waals surface area contributed by atoms with Gasteiger partial charge in [0.05, 0.1) is 12.0 Å². The lowest BCUT2D eigenvalue weighted by atomic mass is 10.1. The fourth-order valence-corrected chi connectivity index (χ4v) is 3.95. The highest BCUT2D eigenvalue weighted by Crippen LogP contribution is 2.29. The topological polar surface area (TPSA) is 109 Å². The van der Waals surface area contributed by atoms with Gasteiger partial charge in [-0.05, 0) is 49.4 Å². The van der Waals surface area contributed by atoms with Crippen LogP contribution in [-0.4, -0.2) is 57.1 Å². The van der Waals surface area contributed by atoms with Gasteiger partial charge in [-0.1, -0.05) is 11.6 Å². The number of hydrogen-bond donors (Lipinski definition) is 2. The molecule has 1 aliphatic heterocycles. The number of aromatic nitrogens is 1. The average Bonchev–Trinajstić information content (AvgIpc) is 2.83. The summed E-state index contributed by atoms with van der Waals surface area (Å²) in [5, 5.41) is 7.37. The summed E-state index contributed by atoms with van der Waals surface area (Å²) in [4.78, 5) is 15.2. The molecule has 0 unspecified atom stereocenters. The molecule has 1 aromatic carbocycles. The number of carbonyl (C=O) groups is 1. The minimum Gasteiger partial charge on any atom is -0.483 e. The zero-order chi connectivity index (χ0) is 20.7. The van der Waals surface area contributed by atoms with E-state index in [4.69, 9.17) is 26.2 Å². The predicted octanol–water partition coefficient (Wildman–Crippen LogP) is 2.28. The second kappa shape index (κ2) is 9.72. The molecule has 0 aliphatic carbocycles. The molecule has 8 nitrogen and oxygen atoms in total. The first-order valence-electron chi connectivity index (χ1n) is 8.42. The van der Waals surface area contributed by atoms with Crippen LogP contribution in [0.2, 0.25) is 5.02 Å². The van der Waals surface area contributed by atoms with Crippen LogP contribution < -0.4 is 9.46 Å². The summed E-state index contributed by atoms with van der Waals surface area (Å²) in [5.74, 6) is 0.279. The van der Waals surface area contributed by atoms with E-state index >= 15 is 0 Å². The van der Waals surface area contributed by atoms with Crippen molar-refractivity contribution in [1.82, 2.24) is 9.88 Å². The number of nitrogens with zero attached hydrogens (tertiary/aromatic N) is 2. The number of likely N-dealkylation sites (N-methyl/N-ethyl adjacent to an activating group) is 1. The van der Waals surface area contributed by atoms with E-state index in [1.807, 2.05) is 6.07 Å². The van der Waals surface area contributed by atoms with Gasteiger partial charge in [-0.2, -0.15) is 0 Å². The minimum atomic E-state index is -3.75. The number of ether oxygens (including phenoxy) is 1. The molecule has 0 fully saturated rings. The summed E-state index contributed by atoms with van der Waals surface area (Å²) in [5.41, 5.74) is 2.34. The maximum Gasteiger partial charge on any atom is 0.290 e. The molecule has 0 atom stereocenters. The third-order valence-corrected chi connectivity index (χ3v) is 5.84. The first-order chi connectivity index (χ1) is 13.3. The van der Waals surface area contributed by atoms with Gasteiger partial charge in [0, 0.05) is 30.2 Å². The van der Waals surface area contributed by atoms with Gasteiger partial charge in [0.1, 0.15) is 5.69 Å². The maximum absolute atomic E-state index is 12.6. The molecule has 152 valence electrons. The summed E-state index contributed by atoms with van der Waals surface area (Å²) >= 11 is 5.83. The molecule has 1 aliphatic rings. The molecule has 3 rings (SSSR count). The molecule has 28 heavy (non-hydrogen) atoms. The fourth-order valence-electron chi connectivity index (χ4n) is 2.77. The van der Waals surface area contributed by atoms with Crippen molar-refractivity contribution < 1.29 is 23.1 Å². The number of rotatable bonds is 4. The molecule has 0 saturated heterocycles. The van der Waals surface area contributed by atoms with E-state index in [0.717, 1.165) is 37.2 Å². The highest BCUT2D eigenvalue weighted by Gasteiger charge is 2.21. The standard InChI is InChI=1S/C17H20ClN3O3S.CH2O2/c1-21-9-7-12-11-16(17(24-2)19-15(12)8-10-21)20-25(22,23)14-5-3-13(18)4-6-14;2-1-3/h3-6,11,20H,7-10H2,1-2H3;1H,(H,2,3). The van der Waals surface area contributed by atoms with Crippen LogP contribution in [0.4, 0.5) is 5.69 Å². The van der Waals surface area contributed by atoms with Crippen molar-refractivity contribution in [3.8, 4) is 5.88 Å². The Kier molecular flexibility index (Phi) is 7.61. The average molecular weight is 428 g/mol. The van der Waals surface area contributed by atoms with Crippen molar-refractivity contribution in [1.29, 1.82) is 0 Å². The molecule has 2 N–H and O–H groups in total. The Morgan fingerprint density at radius 1 is 1.25 bits per heavy atom. The molecule has 0 spiro atoms. The number of benzene rings is 1. The summed E-state index contributed by atoms with van der Waals surface area (Å²) in [7, 11) is -0.202. The van der Waals surface area contributed by atoms with E-state index in [1.165, 1.54) is 19.2 Å². The van der Waals surface area contributed by atoms with Crippen molar-refractivity contribution in [2.45, 2.75) is 17.7 Å². The normalized spacial score (nSPS) is 14.1. The Balaban J connectivity index is 0.000000878. The lowest BCUT2D eigenvalue weighted by Crippen LogP contribution is -2.20. The monoisotopic (exact) mass is 427 g/mol. The zero-order valence-corrected chi connectivity index (χ0v) is 17.1. The van der Waals surface area contributed by atoms with Crippen LogP contribution in [-0.2, 0) is 27.7 Å². The third-order valence-electron chi connectivity index (χ3n) is 4.21. The first-order valence-corrected chi connectivity index (χ1v) is 10.3. The Morgan fingerprint density at radius 3 is 2.46 bits per heavy atom. The second-order valence-corrected chi connectivity index (χ2v) is 8.24. The van der Waals surface area contributed by atoms with E-state index in [0.29, 0.717) is 10.7 Å². The molecule has 10 heteroatoms. The number of hydrogen-bond acceptors (Lipinski definition) is 6. The van der Waals surface area contributed by atoms with Gasteiger partial charge in [-0.15, -0.1) is 0 Å². The van der Waals surface area contributed by atoms with Crippen molar-refractivity contribution in [3.63, 3.8) is 0 Å². The van der Waals surface area contributed by atoms with Gasteiger partial charge >= 0.3 is 0 Å². The first kappa shape index (κ1) is 21.9. The van der Waals surface area contributed by atoms with Crippen molar-refractivity contribution in [3.05, 3.63) is 46.6 Å². The van der Waals surface area contributed by atoms with Gasteiger partial charge in [-0.25, -0.2) is 13.4 Å². The number of halogens is 1. The smallest absolute Gasteiger partial charge is 0.290 e. The van der Waals surface area contributed by atoms with E-state index < -0.39 is 10.0 Å². The van der Waals surface area contributed by atoms with E-state index in [9.17, 15) is 8.42 Å². The maximum atomic E-state index is 12.6. The summed E-state index contributed by atoms with van der Waals surface area (Å²) in [6.45, 7) is 1.57. The Labute approximate surface area is 169 Å². The number of pyridine rings is 1. The lowest BCUT2D eigenvalue weighted by molar-refractivity contribution is -0.122. The quantitative estimate of drug-likeness (QED) is 0.720. The largest absolute Gasteiger partial charge is 0.483 e. The van der Waals surface area contributed by atoms with Crippen molar-refractivity contribution in [2.75, 3.05) is 32.0 Å². The van der Waals surface area contributed by atoms with Gasteiger partial charge < -0.3 is 14.7 Å². The van der Waals surface area contributed by atoms with Crippen LogP contribution in [0.15, 0.2) is 35.2 Å². The van der Waals surface area contributed by atoms with Gasteiger partial charge in [0.25, 0.3) is 16.5 Å². The molecule has 1 aromatic heterocycles. The fraction of sp³-hybridized carbons (Fsp3) is 0.333. The SMILES string of the molecule is COc1nc2c(cc1NS(=O)(=O)c1ccc(Cl)cc1)CCN(C)CC2.O=CO. The number of methoxy groups -OCH3 is 1. The minimum absolute atomic E-state index is 0.133. The number of carboxylic acid groups (broad SMARTS) is 1. The van der Waals surface area contributed by atoms with Crippen LogP contribution in [0, 0.1) is 0 Å². The number of nitrogens with one attached hydrogen (secondary N) is 1. The van der Waals surface area contributed by atoms with Gasteiger partial charge in [-0.3, -0.25) is 9.52 Å². The molecular weight excluding hydrogens is 406 g/mol. The predicted molar refractivity (Wildman–Crippen MR) is 107 cm³/mol. The van der Waals surface area contributed by atoms with Gasteiger partial charge in [0.2, 0.25) is 5.88 Å². The molecule has 0 saturated carbocycles. The zero-order valence-electron chi connectivity index (χ0n) is 15.6. The number of sulfonamides is 1. The summed E-state index contributed by atoms with van der Waals surface area (Å²) < 4.78 is 33.1. The summed E-state index contributed by atoms with van der Waals surface area (Å²) in [6, 6.07) is 7.83. The molecule has 0 radical (unpaired) electrons. The van der Waals surface area contributed by atoms with E-state index in [1.54, 1.807) is 12.1 Å². The Hall–Kier alpha value is -2.36. The highest BCUT2D eigenvalue weighted by molar-refractivity contribution is 7.92. The third kappa shape index (κ3) is 5.57. The Morgan fingerprint density at radius 2 is 1.86 bits per heavy atom. The number of fused-ring (bicyclic) bond motifs is 1. The summed E-state index contributed by atoms with van der Waals surface area (Å²) in [6.07, 6.45) is 1.63. The number of anilines is 1. The van der Waals surface area contributed by atoms with E-state index in [-0.39, 0.29) is 17.2 Å². The van der Waals surface area contributed by atoms with Crippen LogP contribution >= 0.6 is 11.6 Å². The van der Waals surface area contributed by atoms with Gasteiger partial charge in [0.15, 0.2) is 0 Å². The van der Waals surface area contributed by atoms with Crippen molar-refractivity contribution >= 4 is 33.8 Å². The lowest BCUT2D eigenvalue weighted by Gasteiger charge is -2.14. The molecule has 2 aromatic rings. The molecule has 0 bridgehead atoms.